The minimum Gasteiger partial charge on any atom is -0.330 e. The average molecular weight is 221 g/mol. The first kappa shape index (κ1) is 13.5. The highest BCUT2D eigenvalue weighted by Crippen LogP contribution is 2.28. The monoisotopic (exact) mass is 221 g/mol. The number of hydrogen-bond donors (Lipinski definition) is 1. The minimum absolute atomic E-state index is 0.659. The molecule has 1 aliphatic rings. The van der Waals surface area contributed by atoms with E-state index in [1.54, 1.807) is 0 Å². The highest BCUT2D eigenvalue weighted by Gasteiger charge is 2.16. The summed E-state index contributed by atoms with van der Waals surface area (Å²) in [4.78, 5) is 0. The Morgan fingerprint density at radius 2 is 2.12 bits per heavy atom. The van der Waals surface area contributed by atoms with Crippen molar-refractivity contribution in [2.45, 2.75) is 46.5 Å². The van der Waals surface area contributed by atoms with E-state index >= 15 is 0 Å². The van der Waals surface area contributed by atoms with Crippen LogP contribution in [0.1, 0.15) is 46.5 Å². The first-order valence-electron chi connectivity index (χ1n) is 6.73. The molecule has 2 atom stereocenters. The number of nitrogens with two attached hydrogens (primary N) is 1. The van der Waals surface area contributed by atoms with Gasteiger partial charge in [0.15, 0.2) is 0 Å². The molecule has 0 aromatic carbocycles. The van der Waals surface area contributed by atoms with E-state index in [-0.39, 0.29) is 0 Å². The van der Waals surface area contributed by atoms with Crippen molar-refractivity contribution in [2.75, 3.05) is 6.54 Å². The number of unbranched alkanes of at least 4 members (excludes halogenated alkanes) is 1. The Morgan fingerprint density at radius 3 is 2.75 bits per heavy atom. The molecule has 0 amide bonds. The molecule has 1 heteroatoms. The lowest BCUT2D eigenvalue weighted by molar-refractivity contribution is 0.396. The Balaban J connectivity index is 2.52. The molecule has 1 nitrogen and oxygen atoms in total. The van der Waals surface area contributed by atoms with E-state index in [1.807, 2.05) is 0 Å². The Hall–Kier alpha value is -0.560. The van der Waals surface area contributed by atoms with Crippen LogP contribution in [0.15, 0.2) is 23.8 Å². The molecule has 16 heavy (non-hydrogen) atoms. The highest BCUT2D eigenvalue weighted by atomic mass is 14.5. The van der Waals surface area contributed by atoms with E-state index in [2.05, 4.69) is 39.0 Å². The van der Waals surface area contributed by atoms with Gasteiger partial charge in [0.05, 0.1) is 0 Å². The molecule has 0 saturated heterocycles. The Kier molecular flexibility index (Phi) is 5.83. The highest BCUT2D eigenvalue weighted by molar-refractivity contribution is 5.23. The predicted molar refractivity (Wildman–Crippen MR) is 72.2 cm³/mol. The van der Waals surface area contributed by atoms with E-state index in [1.165, 1.54) is 31.3 Å². The second-order valence-electron chi connectivity index (χ2n) is 5.38. The fraction of sp³-hybridized carbons (Fsp3) is 0.733. The normalized spacial score (nSPS) is 25.7. The predicted octanol–water partition coefficient (Wildman–Crippen LogP) is 3.91. The third-order valence-corrected chi connectivity index (χ3v) is 3.65. The fourth-order valence-corrected chi connectivity index (χ4v) is 2.32. The maximum Gasteiger partial charge on any atom is -0.00773 e. The molecular weight excluding hydrogens is 194 g/mol. The molecule has 2 N–H and O–H groups in total. The van der Waals surface area contributed by atoms with Crippen LogP contribution < -0.4 is 5.73 Å². The van der Waals surface area contributed by atoms with Crippen LogP contribution in [0.25, 0.3) is 0 Å². The van der Waals surface area contributed by atoms with Gasteiger partial charge in [-0.3, -0.25) is 0 Å². The molecule has 92 valence electrons. The van der Waals surface area contributed by atoms with E-state index in [4.69, 9.17) is 5.73 Å². The van der Waals surface area contributed by atoms with Crippen LogP contribution in [0.4, 0.5) is 0 Å². The summed E-state index contributed by atoms with van der Waals surface area (Å²) in [6.45, 7) is 7.75. The average Bonchev–Trinajstić information content (AvgIpc) is 2.42. The third kappa shape index (κ3) is 4.13. The van der Waals surface area contributed by atoms with E-state index in [0.29, 0.717) is 5.92 Å². The van der Waals surface area contributed by atoms with Crippen molar-refractivity contribution in [2.24, 2.45) is 23.5 Å². The zero-order chi connectivity index (χ0) is 12.0. The minimum atomic E-state index is 0.659. The second kappa shape index (κ2) is 6.90. The maximum absolute atomic E-state index is 5.54. The second-order valence-corrected chi connectivity index (χ2v) is 5.38. The van der Waals surface area contributed by atoms with Crippen molar-refractivity contribution >= 4 is 0 Å². The first-order valence-corrected chi connectivity index (χ1v) is 6.73. The van der Waals surface area contributed by atoms with Gasteiger partial charge in [-0.1, -0.05) is 45.4 Å². The van der Waals surface area contributed by atoms with Crippen LogP contribution in [-0.4, -0.2) is 6.54 Å². The summed E-state index contributed by atoms with van der Waals surface area (Å²) in [5, 5.41) is 0. The standard InChI is InChI=1S/C15H27N/c1-12(2)14-8-7-13(3)15(10-9-14)6-4-5-11-16/h8-10,12-13,15H,4-7,11,16H2,1-3H3. The van der Waals surface area contributed by atoms with Crippen molar-refractivity contribution in [3.05, 3.63) is 23.8 Å². The van der Waals surface area contributed by atoms with Gasteiger partial charge in [0.25, 0.3) is 0 Å². The third-order valence-electron chi connectivity index (χ3n) is 3.65. The zero-order valence-corrected chi connectivity index (χ0v) is 11.1. The zero-order valence-electron chi connectivity index (χ0n) is 11.1. The van der Waals surface area contributed by atoms with Crippen molar-refractivity contribution in [3.8, 4) is 0 Å². The quantitative estimate of drug-likeness (QED) is 0.700. The topological polar surface area (TPSA) is 26.0 Å². The summed E-state index contributed by atoms with van der Waals surface area (Å²) in [6, 6.07) is 0. The Bertz CT molecular complexity index is 250. The Morgan fingerprint density at radius 1 is 1.38 bits per heavy atom. The molecule has 0 aliphatic heterocycles. The summed E-state index contributed by atoms with van der Waals surface area (Å²) >= 11 is 0. The molecule has 0 radical (unpaired) electrons. The van der Waals surface area contributed by atoms with Gasteiger partial charge in [0.2, 0.25) is 0 Å². The molecular formula is C15H27N. The molecule has 0 spiro atoms. The lowest BCUT2D eigenvalue weighted by Crippen LogP contribution is -2.09. The van der Waals surface area contributed by atoms with Gasteiger partial charge < -0.3 is 5.73 Å². The maximum atomic E-state index is 5.54. The fourth-order valence-electron chi connectivity index (χ4n) is 2.32. The SMILES string of the molecule is CC(C)C1=CCC(C)C(CCCCN)C=C1. The molecule has 0 fully saturated rings. The summed E-state index contributed by atoms with van der Waals surface area (Å²) < 4.78 is 0. The van der Waals surface area contributed by atoms with Gasteiger partial charge >= 0.3 is 0 Å². The summed E-state index contributed by atoms with van der Waals surface area (Å²) in [6.07, 6.45) is 12.2. The lowest BCUT2D eigenvalue weighted by Gasteiger charge is -2.18. The van der Waals surface area contributed by atoms with E-state index < -0.39 is 0 Å². The van der Waals surface area contributed by atoms with E-state index in [0.717, 1.165) is 18.4 Å². The molecule has 1 rings (SSSR count). The molecule has 0 bridgehead atoms. The molecule has 0 saturated carbocycles. The summed E-state index contributed by atoms with van der Waals surface area (Å²) in [5.74, 6) is 2.19. The largest absolute Gasteiger partial charge is 0.330 e. The number of rotatable bonds is 5. The van der Waals surface area contributed by atoms with Gasteiger partial charge in [-0.2, -0.15) is 0 Å². The lowest BCUT2D eigenvalue weighted by atomic mass is 9.88. The van der Waals surface area contributed by atoms with Crippen LogP contribution in [-0.2, 0) is 0 Å². The molecule has 0 heterocycles. The molecule has 0 aromatic heterocycles. The summed E-state index contributed by atoms with van der Waals surface area (Å²) in [7, 11) is 0. The van der Waals surface area contributed by atoms with Gasteiger partial charge in [-0.15, -0.1) is 0 Å². The van der Waals surface area contributed by atoms with Crippen LogP contribution in [0.5, 0.6) is 0 Å². The molecule has 0 aromatic rings. The van der Waals surface area contributed by atoms with Gasteiger partial charge in [-0.05, 0) is 49.1 Å². The number of hydrogen-bond acceptors (Lipinski definition) is 1. The van der Waals surface area contributed by atoms with Crippen molar-refractivity contribution in [3.63, 3.8) is 0 Å². The van der Waals surface area contributed by atoms with Gasteiger partial charge in [-0.25, -0.2) is 0 Å². The number of allylic oxidation sites excluding steroid dienone is 4. The Labute approximate surface area is 101 Å². The van der Waals surface area contributed by atoms with Gasteiger partial charge in [0.1, 0.15) is 0 Å². The van der Waals surface area contributed by atoms with Crippen LogP contribution in [0.2, 0.25) is 0 Å². The van der Waals surface area contributed by atoms with Crippen LogP contribution in [0, 0.1) is 17.8 Å². The molecule has 1 aliphatic carbocycles. The molecule has 2 unspecified atom stereocenters. The van der Waals surface area contributed by atoms with Crippen LogP contribution >= 0.6 is 0 Å². The smallest absolute Gasteiger partial charge is 0.00773 e. The van der Waals surface area contributed by atoms with Crippen molar-refractivity contribution < 1.29 is 0 Å². The van der Waals surface area contributed by atoms with Gasteiger partial charge in [0, 0.05) is 0 Å². The van der Waals surface area contributed by atoms with Crippen molar-refractivity contribution in [1.82, 2.24) is 0 Å². The van der Waals surface area contributed by atoms with E-state index in [9.17, 15) is 0 Å². The van der Waals surface area contributed by atoms with Crippen molar-refractivity contribution in [1.29, 1.82) is 0 Å². The summed E-state index contributed by atoms with van der Waals surface area (Å²) in [5.41, 5.74) is 7.05. The first-order chi connectivity index (χ1) is 7.65. The van der Waals surface area contributed by atoms with Crippen LogP contribution in [0.3, 0.4) is 0 Å².